The highest BCUT2D eigenvalue weighted by Gasteiger charge is 2.29. The number of pyridine rings is 1. The number of hydrogen-bond donors (Lipinski definition) is 0. The van der Waals surface area contributed by atoms with Gasteiger partial charge in [-0.3, -0.25) is 9.78 Å². The smallest absolute Gasteiger partial charge is 0.276 e. The topological polar surface area (TPSA) is 85.0 Å². The normalized spacial score (nSPS) is 16.9. The van der Waals surface area contributed by atoms with Gasteiger partial charge in [0, 0.05) is 55.6 Å². The zero-order valence-corrected chi connectivity index (χ0v) is 16.8. The second kappa shape index (κ2) is 8.51. The summed E-state index contributed by atoms with van der Waals surface area (Å²) >= 11 is 0. The first-order valence-corrected chi connectivity index (χ1v) is 10.1. The highest BCUT2D eigenvalue weighted by molar-refractivity contribution is 5.92. The standard InChI is InChI=1S/C22H25N5O2/c1-15(2)10-18-11-20(26-29-18)22(28)27-9-3-4-17(13-27)21-19(12-24-14-25-21)16-5-7-23-8-6-16/h5-8,11-12,14-15,17H,3-4,9-10,13H2,1-2H3. The van der Waals surface area contributed by atoms with Crippen molar-refractivity contribution >= 4 is 5.91 Å². The summed E-state index contributed by atoms with van der Waals surface area (Å²) < 4.78 is 5.35. The third kappa shape index (κ3) is 4.34. The van der Waals surface area contributed by atoms with E-state index in [1.807, 2.05) is 23.2 Å². The van der Waals surface area contributed by atoms with Crippen LogP contribution in [0.3, 0.4) is 0 Å². The van der Waals surface area contributed by atoms with E-state index >= 15 is 0 Å². The van der Waals surface area contributed by atoms with E-state index < -0.39 is 0 Å². The van der Waals surface area contributed by atoms with Crippen molar-refractivity contribution in [2.75, 3.05) is 13.1 Å². The van der Waals surface area contributed by atoms with Crippen molar-refractivity contribution in [3.63, 3.8) is 0 Å². The fourth-order valence-electron chi connectivity index (χ4n) is 3.88. The van der Waals surface area contributed by atoms with Crippen LogP contribution in [0.5, 0.6) is 0 Å². The van der Waals surface area contributed by atoms with Crippen LogP contribution < -0.4 is 0 Å². The molecule has 0 aromatic carbocycles. The quantitative estimate of drug-likeness (QED) is 0.659. The van der Waals surface area contributed by atoms with Gasteiger partial charge in [-0.15, -0.1) is 0 Å². The summed E-state index contributed by atoms with van der Waals surface area (Å²) in [4.78, 5) is 27.7. The Balaban J connectivity index is 1.54. The number of piperidine rings is 1. The van der Waals surface area contributed by atoms with Crippen LogP contribution in [0.2, 0.25) is 0 Å². The minimum Gasteiger partial charge on any atom is -0.361 e. The van der Waals surface area contributed by atoms with E-state index in [1.165, 1.54) is 0 Å². The molecule has 4 heterocycles. The van der Waals surface area contributed by atoms with Gasteiger partial charge in [0.05, 0.1) is 5.69 Å². The molecule has 0 bridgehead atoms. The molecule has 7 heteroatoms. The summed E-state index contributed by atoms with van der Waals surface area (Å²) in [5.41, 5.74) is 3.39. The van der Waals surface area contributed by atoms with Gasteiger partial charge < -0.3 is 9.42 Å². The molecule has 0 N–H and O–H groups in total. The molecule has 0 aliphatic carbocycles. The third-order valence-corrected chi connectivity index (χ3v) is 5.22. The zero-order valence-electron chi connectivity index (χ0n) is 16.8. The minimum atomic E-state index is -0.0760. The first-order chi connectivity index (χ1) is 14.1. The predicted octanol–water partition coefficient (Wildman–Crippen LogP) is 3.74. The Labute approximate surface area is 170 Å². The molecular weight excluding hydrogens is 366 g/mol. The van der Waals surface area contributed by atoms with Gasteiger partial charge in [0.15, 0.2) is 5.69 Å². The van der Waals surface area contributed by atoms with E-state index in [1.54, 1.807) is 24.8 Å². The number of likely N-dealkylation sites (tertiary alicyclic amines) is 1. The molecule has 29 heavy (non-hydrogen) atoms. The maximum atomic E-state index is 13.0. The van der Waals surface area contributed by atoms with Crippen LogP contribution in [0, 0.1) is 5.92 Å². The summed E-state index contributed by atoms with van der Waals surface area (Å²) in [6.45, 7) is 5.56. The summed E-state index contributed by atoms with van der Waals surface area (Å²) in [7, 11) is 0. The summed E-state index contributed by atoms with van der Waals surface area (Å²) in [5.74, 6) is 1.29. The van der Waals surface area contributed by atoms with Gasteiger partial charge >= 0.3 is 0 Å². The van der Waals surface area contributed by atoms with Gasteiger partial charge in [-0.2, -0.15) is 0 Å². The number of rotatable bonds is 5. The Kier molecular flexibility index (Phi) is 5.64. The largest absolute Gasteiger partial charge is 0.361 e. The SMILES string of the molecule is CC(C)Cc1cc(C(=O)N2CCCC(c3ncncc3-c3ccncc3)C2)no1. The Morgan fingerprint density at radius 1 is 1.28 bits per heavy atom. The fourth-order valence-corrected chi connectivity index (χ4v) is 3.88. The molecule has 1 unspecified atom stereocenters. The lowest BCUT2D eigenvalue weighted by molar-refractivity contribution is 0.0695. The minimum absolute atomic E-state index is 0.0760. The van der Waals surface area contributed by atoms with E-state index in [0.717, 1.165) is 48.4 Å². The van der Waals surface area contributed by atoms with E-state index in [0.29, 0.717) is 18.2 Å². The average molecular weight is 391 g/mol. The molecule has 1 amide bonds. The van der Waals surface area contributed by atoms with Crippen molar-refractivity contribution in [3.8, 4) is 11.1 Å². The highest BCUT2D eigenvalue weighted by Crippen LogP contribution is 2.32. The second-order valence-electron chi connectivity index (χ2n) is 7.92. The van der Waals surface area contributed by atoms with Crippen LogP contribution in [-0.2, 0) is 6.42 Å². The molecule has 0 radical (unpaired) electrons. The molecule has 1 fully saturated rings. The summed E-state index contributed by atoms with van der Waals surface area (Å²) in [6, 6.07) is 5.69. The zero-order chi connectivity index (χ0) is 20.2. The Bertz CT molecular complexity index is 970. The number of carbonyl (C=O) groups is 1. The Morgan fingerprint density at radius 2 is 2.10 bits per heavy atom. The van der Waals surface area contributed by atoms with Crippen molar-refractivity contribution in [3.05, 3.63) is 60.3 Å². The Morgan fingerprint density at radius 3 is 2.90 bits per heavy atom. The molecule has 150 valence electrons. The van der Waals surface area contributed by atoms with Crippen LogP contribution in [0.4, 0.5) is 0 Å². The van der Waals surface area contributed by atoms with Gasteiger partial charge in [-0.05, 0) is 36.5 Å². The monoisotopic (exact) mass is 391 g/mol. The number of carbonyl (C=O) groups excluding carboxylic acids is 1. The van der Waals surface area contributed by atoms with Gasteiger partial charge in [0.1, 0.15) is 12.1 Å². The molecule has 1 saturated heterocycles. The first kappa shape index (κ1) is 19.2. The molecule has 3 aromatic heterocycles. The van der Waals surface area contributed by atoms with Crippen molar-refractivity contribution in [2.45, 2.75) is 39.0 Å². The average Bonchev–Trinajstić information content (AvgIpc) is 3.21. The van der Waals surface area contributed by atoms with E-state index in [9.17, 15) is 4.79 Å². The molecule has 7 nitrogen and oxygen atoms in total. The van der Waals surface area contributed by atoms with Crippen molar-refractivity contribution in [1.82, 2.24) is 25.0 Å². The van der Waals surface area contributed by atoms with E-state index in [-0.39, 0.29) is 11.8 Å². The maximum Gasteiger partial charge on any atom is 0.276 e. The van der Waals surface area contributed by atoms with E-state index in [4.69, 9.17) is 4.52 Å². The first-order valence-electron chi connectivity index (χ1n) is 10.1. The van der Waals surface area contributed by atoms with Crippen LogP contribution >= 0.6 is 0 Å². The van der Waals surface area contributed by atoms with E-state index in [2.05, 4.69) is 34.0 Å². The summed E-state index contributed by atoms with van der Waals surface area (Å²) in [6.07, 6.45) is 9.64. The lowest BCUT2D eigenvalue weighted by atomic mass is 9.90. The molecular formula is C22H25N5O2. The predicted molar refractivity (Wildman–Crippen MR) is 108 cm³/mol. The van der Waals surface area contributed by atoms with Gasteiger partial charge in [0.2, 0.25) is 0 Å². The highest BCUT2D eigenvalue weighted by atomic mass is 16.5. The van der Waals surface area contributed by atoms with Crippen LogP contribution in [-0.4, -0.2) is 44.0 Å². The van der Waals surface area contributed by atoms with Gasteiger partial charge in [-0.1, -0.05) is 19.0 Å². The maximum absolute atomic E-state index is 13.0. The number of amides is 1. The molecule has 1 atom stereocenters. The number of nitrogens with zero attached hydrogens (tertiary/aromatic N) is 5. The lowest BCUT2D eigenvalue weighted by Gasteiger charge is -2.32. The van der Waals surface area contributed by atoms with Crippen LogP contribution in [0.15, 0.2) is 47.6 Å². The van der Waals surface area contributed by atoms with Crippen LogP contribution in [0.1, 0.15) is 54.5 Å². The third-order valence-electron chi connectivity index (χ3n) is 5.22. The molecule has 0 saturated carbocycles. The molecule has 0 spiro atoms. The molecule has 4 rings (SSSR count). The van der Waals surface area contributed by atoms with Gasteiger partial charge in [-0.25, -0.2) is 9.97 Å². The Hall–Kier alpha value is -3.09. The fraction of sp³-hybridized carbons (Fsp3) is 0.409. The van der Waals surface area contributed by atoms with Crippen molar-refractivity contribution in [1.29, 1.82) is 0 Å². The number of aromatic nitrogens is 4. The molecule has 3 aromatic rings. The number of hydrogen-bond acceptors (Lipinski definition) is 6. The lowest BCUT2D eigenvalue weighted by Crippen LogP contribution is -2.39. The van der Waals surface area contributed by atoms with Crippen molar-refractivity contribution < 1.29 is 9.32 Å². The molecule has 1 aliphatic heterocycles. The summed E-state index contributed by atoms with van der Waals surface area (Å²) in [5, 5.41) is 4.01. The van der Waals surface area contributed by atoms with Gasteiger partial charge in [0.25, 0.3) is 5.91 Å². The van der Waals surface area contributed by atoms with Crippen LogP contribution in [0.25, 0.3) is 11.1 Å². The second-order valence-corrected chi connectivity index (χ2v) is 7.92. The van der Waals surface area contributed by atoms with Crippen molar-refractivity contribution in [2.24, 2.45) is 5.92 Å². The molecule has 1 aliphatic rings.